The zero-order chi connectivity index (χ0) is 12.6. The van der Waals surface area contributed by atoms with Crippen LogP contribution < -0.4 is 5.73 Å². The topological polar surface area (TPSA) is 69.6 Å². The number of nitrogen functional groups attached to an aromatic ring is 1. The molecule has 0 aliphatic carbocycles. The Bertz CT molecular complexity index is 536. The van der Waals surface area contributed by atoms with Gasteiger partial charge in [0.05, 0.1) is 5.69 Å². The molecule has 0 saturated heterocycles. The average Bonchev–Trinajstić information content (AvgIpc) is 2.62. The van der Waals surface area contributed by atoms with Crippen LogP contribution in [0.4, 0.5) is 5.82 Å². The molecule has 5 heteroatoms. The highest BCUT2D eigenvalue weighted by molar-refractivity contribution is 5.52. The van der Waals surface area contributed by atoms with Gasteiger partial charge in [-0.15, -0.1) is 0 Å². The van der Waals surface area contributed by atoms with Gasteiger partial charge in [-0.05, 0) is 6.07 Å². The van der Waals surface area contributed by atoms with Gasteiger partial charge in [0.25, 0.3) is 0 Å². The molecule has 5 nitrogen and oxygen atoms in total. The summed E-state index contributed by atoms with van der Waals surface area (Å²) >= 11 is 0. The molecule has 0 atom stereocenters. The molecule has 0 bridgehead atoms. The van der Waals surface area contributed by atoms with Gasteiger partial charge in [-0.2, -0.15) is 5.10 Å². The quantitative estimate of drug-likeness (QED) is 0.811. The summed E-state index contributed by atoms with van der Waals surface area (Å²) in [6.07, 6.45) is 1.86. The second kappa shape index (κ2) is 3.84. The van der Waals surface area contributed by atoms with Crippen molar-refractivity contribution >= 4 is 5.82 Å². The van der Waals surface area contributed by atoms with Gasteiger partial charge in [-0.3, -0.25) is 4.68 Å². The number of nitrogens with two attached hydrogens (primary N) is 1. The van der Waals surface area contributed by atoms with E-state index >= 15 is 0 Å². The monoisotopic (exact) mass is 231 g/mol. The minimum atomic E-state index is -0.0550. The molecule has 0 fully saturated rings. The van der Waals surface area contributed by atoms with Gasteiger partial charge in [0.15, 0.2) is 5.82 Å². The van der Waals surface area contributed by atoms with Crippen molar-refractivity contribution in [1.82, 2.24) is 19.7 Å². The predicted octanol–water partition coefficient (Wildman–Crippen LogP) is 1.76. The van der Waals surface area contributed by atoms with E-state index in [1.807, 2.05) is 25.4 Å². The second-order valence-electron chi connectivity index (χ2n) is 5.13. The fourth-order valence-electron chi connectivity index (χ4n) is 1.50. The van der Waals surface area contributed by atoms with Crippen molar-refractivity contribution in [2.75, 3.05) is 5.73 Å². The smallest absolute Gasteiger partial charge is 0.182 e. The molecule has 0 amide bonds. The van der Waals surface area contributed by atoms with Crippen LogP contribution in [0.3, 0.4) is 0 Å². The third-order valence-corrected chi connectivity index (χ3v) is 2.46. The summed E-state index contributed by atoms with van der Waals surface area (Å²) in [5.74, 6) is 1.06. The lowest BCUT2D eigenvalue weighted by atomic mass is 9.92. The molecular formula is C12H17N5. The molecule has 2 N–H and O–H groups in total. The van der Waals surface area contributed by atoms with E-state index in [0.29, 0.717) is 11.6 Å². The van der Waals surface area contributed by atoms with Crippen molar-refractivity contribution in [3.8, 4) is 11.5 Å². The summed E-state index contributed by atoms with van der Waals surface area (Å²) in [6, 6.07) is 3.69. The van der Waals surface area contributed by atoms with Crippen LogP contribution in [0.2, 0.25) is 0 Å². The van der Waals surface area contributed by atoms with Crippen molar-refractivity contribution in [2.45, 2.75) is 26.2 Å². The van der Waals surface area contributed by atoms with Crippen LogP contribution in [0.1, 0.15) is 26.5 Å². The van der Waals surface area contributed by atoms with Crippen LogP contribution in [0, 0.1) is 0 Å². The number of rotatable bonds is 1. The van der Waals surface area contributed by atoms with E-state index < -0.39 is 0 Å². The summed E-state index contributed by atoms with van der Waals surface area (Å²) in [6.45, 7) is 6.28. The first-order valence-corrected chi connectivity index (χ1v) is 5.51. The third kappa shape index (κ3) is 2.43. The Morgan fingerprint density at radius 1 is 1.24 bits per heavy atom. The maximum atomic E-state index is 5.81. The first-order valence-electron chi connectivity index (χ1n) is 5.51. The largest absolute Gasteiger partial charge is 0.384 e. The van der Waals surface area contributed by atoms with Gasteiger partial charge in [0, 0.05) is 24.7 Å². The van der Waals surface area contributed by atoms with E-state index in [9.17, 15) is 0 Å². The van der Waals surface area contributed by atoms with E-state index in [4.69, 9.17) is 5.73 Å². The van der Waals surface area contributed by atoms with Crippen molar-refractivity contribution in [2.24, 2.45) is 7.05 Å². The van der Waals surface area contributed by atoms with Crippen molar-refractivity contribution in [1.29, 1.82) is 0 Å². The molecule has 2 rings (SSSR count). The molecule has 90 valence electrons. The molecule has 0 aliphatic rings. The molecule has 0 saturated carbocycles. The van der Waals surface area contributed by atoms with Gasteiger partial charge in [-0.25, -0.2) is 9.97 Å². The summed E-state index contributed by atoms with van der Waals surface area (Å²) in [7, 11) is 1.86. The van der Waals surface area contributed by atoms with E-state index in [1.54, 1.807) is 4.68 Å². The Morgan fingerprint density at radius 2 is 1.94 bits per heavy atom. The summed E-state index contributed by atoms with van der Waals surface area (Å²) < 4.78 is 1.72. The van der Waals surface area contributed by atoms with Gasteiger partial charge < -0.3 is 5.73 Å². The highest BCUT2D eigenvalue weighted by Crippen LogP contribution is 2.23. The molecule has 2 heterocycles. The number of hydrogen-bond donors (Lipinski definition) is 1. The fraction of sp³-hybridized carbons (Fsp3) is 0.417. The summed E-state index contributed by atoms with van der Waals surface area (Å²) in [4.78, 5) is 8.74. The average molecular weight is 231 g/mol. The maximum Gasteiger partial charge on any atom is 0.182 e. The Morgan fingerprint density at radius 3 is 2.47 bits per heavy atom. The van der Waals surface area contributed by atoms with E-state index in [1.165, 1.54) is 0 Å². The molecule has 17 heavy (non-hydrogen) atoms. The standard InChI is InChI=1S/C12H17N5/c1-12(2,3)9-7-10(13)15-11(14-9)8-5-6-17(4)16-8/h5-7H,1-4H3,(H2,13,14,15). The Balaban J connectivity index is 2.52. The molecule has 0 aliphatic heterocycles. The molecule has 0 spiro atoms. The van der Waals surface area contributed by atoms with Crippen LogP contribution in [-0.2, 0) is 12.5 Å². The van der Waals surface area contributed by atoms with Crippen molar-refractivity contribution in [3.05, 3.63) is 24.0 Å². The highest BCUT2D eigenvalue weighted by atomic mass is 15.3. The zero-order valence-electron chi connectivity index (χ0n) is 10.6. The van der Waals surface area contributed by atoms with Gasteiger partial charge >= 0.3 is 0 Å². The Kier molecular flexibility index (Phi) is 2.61. The fourth-order valence-corrected chi connectivity index (χ4v) is 1.50. The van der Waals surface area contributed by atoms with E-state index in [2.05, 4.69) is 35.8 Å². The molecule has 2 aromatic rings. The molecule has 2 aromatic heterocycles. The maximum absolute atomic E-state index is 5.81. The van der Waals surface area contributed by atoms with E-state index in [0.717, 1.165) is 11.4 Å². The lowest BCUT2D eigenvalue weighted by molar-refractivity contribution is 0.568. The normalized spacial score (nSPS) is 11.8. The van der Waals surface area contributed by atoms with Gasteiger partial charge in [-0.1, -0.05) is 20.8 Å². The highest BCUT2D eigenvalue weighted by Gasteiger charge is 2.18. The SMILES string of the molecule is Cn1ccc(-c2nc(N)cc(C(C)(C)C)n2)n1. The van der Waals surface area contributed by atoms with Crippen molar-refractivity contribution in [3.63, 3.8) is 0 Å². The molecule has 0 radical (unpaired) electrons. The zero-order valence-corrected chi connectivity index (χ0v) is 10.6. The lowest BCUT2D eigenvalue weighted by Crippen LogP contribution is -2.15. The minimum absolute atomic E-state index is 0.0550. The van der Waals surface area contributed by atoms with Crippen LogP contribution in [0.5, 0.6) is 0 Å². The van der Waals surface area contributed by atoms with Gasteiger partial charge in [0.2, 0.25) is 0 Å². The number of aryl methyl sites for hydroxylation is 1. The first kappa shape index (κ1) is 11.6. The van der Waals surface area contributed by atoms with Crippen LogP contribution in [0.25, 0.3) is 11.5 Å². The number of nitrogens with zero attached hydrogens (tertiary/aromatic N) is 4. The second-order valence-corrected chi connectivity index (χ2v) is 5.13. The van der Waals surface area contributed by atoms with Crippen molar-refractivity contribution < 1.29 is 0 Å². The summed E-state index contributed by atoms with van der Waals surface area (Å²) in [5.41, 5.74) is 7.42. The number of aromatic nitrogens is 4. The van der Waals surface area contributed by atoms with Crippen LogP contribution in [-0.4, -0.2) is 19.7 Å². The Hall–Kier alpha value is -1.91. The Labute approximate surface area is 101 Å². The van der Waals surface area contributed by atoms with Gasteiger partial charge in [0.1, 0.15) is 11.5 Å². The predicted molar refractivity (Wildman–Crippen MR) is 67.3 cm³/mol. The van der Waals surface area contributed by atoms with Crippen LogP contribution in [0.15, 0.2) is 18.3 Å². The number of anilines is 1. The minimum Gasteiger partial charge on any atom is -0.384 e. The number of hydrogen-bond acceptors (Lipinski definition) is 4. The molecule has 0 unspecified atom stereocenters. The van der Waals surface area contributed by atoms with E-state index in [-0.39, 0.29) is 5.41 Å². The first-order chi connectivity index (χ1) is 7.86. The summed E-state index contributed by atoms with van der Waals surface area (Å²) in [5, 5.41) is 4.28. The lowest BCUT2D eigenvalue weighted by Gasteiger charge is -2.18. The third-order valence-electron chi connectivity index (χ3n) is 2.46. The van der Waals surface area contributed by atoms with Crippen LogP contribution >= 0.6 is 0 Å². The molecular weight excluding hydrogens is 214 g/mol. The molecule has 0 aromatic carbocycles.